The third-order valence-corrected chi connectivity index (χ3v) is 19.8. The lowest BCUT2D eigenvalue weighted by Gasteiger charge is -2.28. The Hall–Kier alpha value is -4.77. The summed E-state index contributed by atoms with van der Waals surface area (Å²) in [6, 6.07) is 16.3. The van der Waals surface area contributed by atoms with E-state index in [1.54, 1.807) is 24.3 Å². The third kappa shape index (κ3) is 10.9. The fraction of sp³-hybridized carbons (Fsp3) is 0.453. The summed E-state index contributed by atoms with van der Waals surface area (Å²) >= 11 is 0. The van der Waals surface area contributed by atoms with Crippen LogP contribution in [0.5, 0.6) is 0 Å². The van der Waals surface area contributed by atoms with Gasteiger partial charge >= 0.3 is 0 Å². The number of fused-ring (bicyclic) bond motifs is 6. The highest BCUT2D eigenvalue weighted by Crippen LogP contribution is 2.53. The van der Waals surface area contributed by atoms with Gasteiger partial charge in [0.1, 0.15) is 13.1 Å². The van der Waals surface area contributed by atoms with Crippen molar-refractivity contribution in [2.45, 2.75) is 124 Å². The largest absolute Gasteiger partial charge is 0.396 e. The van der Waals surface area contributed by atoms with Crippen molar-refractivity contribution in [3.8, 4) is 0 Å². The average molecular weight is 1080 g/mol. The second kappa shape index (κ2) is 20.1. The van der Waals surface area contributed by atoms with E-state index in [0.29, 0.717) is 29.5 Å². The van der Waals surface area contributed by atoms with Gasteiger partial charge in [-0.1, -0.05) is 64.1 Å². The van der Waals surface area contributed by atoms with Crippen LogP contribution < -0.4 is 9.80 Å². The number of rotatable bonds is 15. The number of aliphatic hydroxyl groups is 1. The number of anilines is 2. The summed E-state index contributed by atoms with van der Waals surface area (Å²) in [4.78, 5) is 3.67. The summed E-state index contributed by atoms with van der Waals surface area (Å²) in [6.45, 7) is 13.4. The summed E-state index contributed by atoms with van der Waals surface area (Å²) in [6.07, 6.45) is 13.6. The first-order chi connectivity index (χ1) is 34.0. The van der Waals surface area contributed by atoms with Gasteiger partial charge in [-0.3, -0.25) is 18.2 Å². The number of allylic oxidation sites excluding steroid dienone is 8. The SMILES string of the molecule is CC(CCN1C(=CC=C2CC/C(=C\C=C3\N(CCC(C)S(=O)(=O)O)c4ccc5cc(S(=O)(=O)O)ccc5c4C3(C)C)C2=[N+]2CCC(CCCO)CC2)C(C)(C)c2c1ccc1cc(S(=O)(=O)O)ccc21)S(=O)(=O)O. The molecule has 2 unspecified atom stereocenters. The quantitative estimate of drug-likeness (QED) is 0.0552. The van der Waals surface area contributed by atoms with E-state index in [0.717, 1.165) is 100 Å². The molecule has 2 atom stereocenters. The van der Waals surface area contributed by atoms with Crippen molar-refractivity contribution in [3.63, 3.8) is 0 Å². The van der Waals surface area contributed by atoms with E-state index in [9.17, 15) is 57.0 Å². The summed E-state index contributed by atoms with van der Waals surface area (Å²) in [7, 11) is -17.6. The first kappa shape index (κ1) is 54.5. The molecule has 1 saturated heterocycles. The van der Waals surface area contributed by atoms with E-state index in [1.807, 2.05) is 12.1 Å². The minimum Gasteiger partial charge on any atom is -0.396 e. The second-order valence-corrected chi connectivity index (χ2v) is 27.6. The van der Waals surface area contributed by atoms with Crippen LogP contribution in [0.15, 0.2) is 117 Å². The molecule has 0 amide bonds. The second-order valence-electron chi connectivity index (χ2n) is 21.0. The van der Waals surface area contributed by atoms with Gasteiger partial charge in [0.25, 0.3) is 40.5 Å². The summed E-state index contributed by atoms with van der Waals surface area (Å²) < 4.78 is 140. The Kier molecular flexibility index (Phi) is 15.0. The maximum absolute atomic E-state index is 12.3. The van der Waals surface area contributed by atoms with Gasteiger partial charge < -0.3 is 14.9 Å². The van der Waals surface area contributed by atoms with Crippen LogP contribution in [0.3, 0.4) is 0 Å². The van der Waals surface area contributed by atoms with Crippen LogP contribution in [0, 0.1) is 5.92 Å². The van der Waals surface area contributed by atoms with E-state index in [-0.39, 0.29) is 42.3 Å². The normalized spacial score (nSPS) is 22.4. The molecule has 394 valence electrons. The Balaban J connectivity index is 1.25. The summed E-state index contributed by atoms with van der Waals surface area (Å²) in [5.41, 5.74) is 6.98. The van der Waals surface area contributed by atoms with Crippen molar-refractivity contribution < 1.29 is 61.6 Å². The third-order valence-electron chi connectivity index (χ3n) is 15.6. The Bertz CT molecular complexity index is 3300. The monoisotopic (exact) mass is 1080 g/mol. The molecule has 1 aliphatic carbocycles. The van der Waals surface area contributed by atoms with E-state index in [2.05, 4.69) is 66.4 Å². The predicted octanol–water partition coefficient (Wildman–Crippen LogP) is 8.77. The molecule has 0 radical (unpaired) electrons. The maximum atomic E-state index is 12.3. The van der Waals surface area contributed by atoms with Crippen LogP contribution in [-0.2, 0) is 51.3 Å². The number of piperidine rings is 1. The number of benzene rings is 4. The van der Waals surface area contributed by atoms with Gasteiger partial charge in [-0.2, -0.15) is 33.7 Å². The maximum Gasteiger partial charge on any atom is 0.294 e. The van der Waals surface area contributed by atoms with Gasteiger partial charge in [0.15, 0.2) is 0 Å². The van der Waals surface area contributed by atoms with Gasteiger partial charge in [-0.15, -0.1) is 0 Å². The molecule has 4 aromatic rings. The molecule has 73 heavy (non-hydrogen) atoms. The van der Waals surface area contributed by atoms with Gasteiger partial charge in [0.2, 0.25) is 5.71 Å². The highest BCUT2D eigenvalue weighted by atomic mass is 32.2. The lowest BCUT2D eigenvalue weighted by atomic mass is 9.81. The van der Waals surface area contributed by atoms with E-state index < -0.39 is 61.8 Å². The molecule has 0 bridgehead atoms. The smallest absolute Gasteiger partial charge is 0.294 e. The highest BCUT2D eigenvalue weighted by molar-refractivity contribution is 7.87. The molecular formula is C53H66N3O13S4+. The molecule has 20 heteroatoms. The summed E-state index contributed by atoms with van der Waals surface area (Å²) in [5, 5.41) is 10.2. The number of hydrogen-bond donors (Lipinski definition) is 5. The molecular weight excluding hydrogens is 1010 g/mol. The van der Waals surface area contributed by atoms with E-state index in [4.69, 9.17) is 0 Å². The Morgan fingerprint density at radius 2 is 1.03 bits per heavy atom. The molecule has 0 spiro atoms. The fourth-order valence-electron chi connectivity index (χ4n) is 11.5. The van der Waals surface area contributed by atoms with E-state index in [1.165, 1.54) is 38.1 Å². The molecule has 8 rings (SSSR count). The zero-order valence-electron chi connectivity index (χ0n) is 42.0. The molecule has 0 aromatic heterocycles. The van der Waals surface area contributed by atoms with Crippen LogP contribution in [0.25, 0.3) is 21.5 Å². The zero-order valence-corrected chi connectivity index (χ0v) is 45.3. The van der Waals surface area contributed by atoms with Crippen LogP contribution in [0.4, 0.5) is 11.4 Å². The van der Waals surface area contributed by atoms with Gasteiger partial charge in [0.05, 0.1) is 20.3 Å². The van der Waals surface area contributed by atoms with Gasteiger partial charge in [0, 0.05) is 77.3 Å². The lowest BCUT2D eigenvalue weighted by molar-refractivity contribution is -0.540. The van der Waals surface area contributed by atoms with Gasteiger partial charge in [-0.05, 0) is 140 Å². The van der Waals surface area contributed by atoms with Crippen LogP contribution >= 0.6 is 0 Å². The molecule has 4 aromatic carbocycles. The number of hydrogen-bond acceptors (Lipinski definition) is 11. The van der Waals surface area contributed by atoms with Crippen molar-refractivity contribution in [2.75, 3.05) is 42.6 Å². The summed E-state index contributed by atoms with van der Waals surface area (Å²) in [5.74, 6) is 0.467. The molecule has 3 heterocycles. The molecule has 2 fully saturated rings. The Morgan fingerprint density at radius 1 is 0.616 bits per heavy atom. The van der Waals surface area contributed by atoms with Crippen molar-refractivity contribution >= 4 is 79.1 Å². The van der Waals surface area contributed by atoms with Gasteiger partial charge in [-0.25, -0.2) is 4.58 Å². The Labute approximate surface area is 429 Å². The lowest BCUT2D eigenvalue weighted by Crippen LogP contribution is -2.32. The fourth-order valence-corrected chi connectivity index (χ4v) is 13.3. The molecule has 16 nitrogen and oxygen atoms in total. The molecule has 3 aliphatic heterocycles. The Morgan fingerprint density at radius 3 is 1.40 bits per heavy atom. The van der Waals surface area contributed by atoms with Crippen LogP contribution in [0.1, 0.15) is 104 Å². The first-order valence-corrected chi connectivity index (χ1v) is 30.6. The standard InChI is InChI=1S/C53H65N3O13S4/c1-34(70(58,59)60)23-29-55-45-19-11-39-32-41(72(64,65)66)15-17-43(39)49(45)52(3,4)47(55)21-13-37-9-10-38(51(37)54-27-25-36(26-28-54)8-7-31-57)14-22-48-53(5,6)50-44-18-16-42(73(67,68)69)33-40(44)12-20-46(50)56(48)30-24-35(2)71(61,62)63/h11-22,32-36,57H,7-10,23-31H2,1-6H3,(H3-,58,59,60,61,62,63,64,65,66,67,68,69)/p+1. The minimum absolute atomic E-state index is 0.111. The highest BCUT2D eigenvalue weighted by Gasteiger charge is 2.44. The molecule has 5 N–H and O–H groups in total. The topological polar surface area (TPSA) is 247 Å². The van der Waals surface area contributed by atoms with Crippen molar-refractivity contribution in [2.24, 2.45) is 5.92 Å². The van der Waals surface area contributed by atoms with Crippen molar-refractivity contribution in [3.05, 3.63) is 119 Å². The number of aliphatic hydroxyl groups excluding tert-OH is 1. The zero-order chi connectivity index (χ0) is 53.2. The average Bonchev–Trinajstić information content (AvgIpc) is 3.89. The first-order valence-electron chi connectivity index (χ1n) is 24.7. The van der Waals surface area contributed by atoms with E-state index >= 15 is 0 Å². The molecule has 1 saturated carbocycles. The molecule has 4 aliphatic rings. The minimum atomic E-state index is -4.48. The van der Waals surface area contributed by atoms with Crippen LogP contribution in [0.2, 0.25) is 0 Å². The predicted molar refractivity (Wildman–Crippen MR) is 285 cm³/mol. The van der Waals surface area contributed by atoms with Crippen LogP contribution in [-0.4, -0.2) is 111 Å². The van der Waals surface area contributed by atoms with Crippen molar-refractivity contribution in [1.29, 1.82) is 0 Å². The van der Waals surface area contributed by atoms with Crippen molar-refractivity contribution in [1.82, 2.24) is 0 Å². The number of nitrogens with zero attached hydrogens (tertiary/aromatic N) is 3.